The third-order valence-electron chi connectivity index (χ3n) is 1.85. The molecule has 1 heterocycles. The van der Waals surface area contributed by atoms with E-state index in [4.69, 9.17) is 0 Å². The van der Waals surface area contributed by atoms with Crippen LogP contribution in [-0.4, -0.2) is 35.2 Å². The number of nitrogens with one attached hydrogen (secondary N) is 1. The van der Waals surface area contributed by atoms with E-state index in [0.29, 0.717) is 5.82 Å². The summed E-state index contributed by atoms with van der Waals surface area (Å²) in [6, 6.07) is 0. The zero-order chi connectivity index (χ0) is 12.0. The molecule has 0 aliphatic carbocycles. The second-order valence-corrected chi connectivity index (χ2v) is 3.12. The van der Waals surface area contributed by atoms with E-state index in [-0.39, 0.29) is 19.1 Å². The van der Waals surface area contributed by atoms with Gasteiger partial charge in [0.2, 0.25) is 6.39 Å². The monoisotopic (exact) mass is 227 g/mol. The Bertz CT molecular complexity index is 350. The minimum absolute atomic E-state index is 0.128. The van der Waals surface area contributed by atoms with Crippen molar-refractivity contribution in [2.75, 3.05) is 13.2 Å². The van der Waals surface area contributed by atoms with Crippen molar-refractivity contribution >= 4 is 11.9 Å². The first-order valence-electron chi connectivity index (χ1n) is 4.86. The van der Waals surface area contributed by atoms with E-state index in [2.05, 4.69) is 24.7 Å². The van der Waals surface area contributed by atoms with Crippen LogP contribution >= 0.6 is 0 Å². The van der Waals surface area contributed by atoms with E-state index in [0.717, 1.165) is 0 Å². The molecule has 0 radical (unpaired) electrons. The molecule has 1 aromatic rings. The number of nitrogens with zero attached hydrogens (tertiary/aromatic N) is 2. The van der Waals surface area contributed by atoms with Gasteiger partial charge in [0.05, 0.1) is 6.61 Å². The van der Waals surface area contributed by atoms with Crippen LogP contribution in [0.5, 0.6) is 0 Å². The lowest BCUT2D eigenvalue weighted by atomic mass is 10.2. The number of esters is 1. The van der Waals surface area contributed by atoms with E-state index in [1.54, 1.807) is 13.8 Å². The van der Waals surface area contributed by atoms with Crippen LogP contribution in [0.4, 0.5) is 0 Å². The van der Waals surface area contributed by atoms with Crippen LogP contribution in [-0.2, 0) is 14.3 Å². The first-order chi connectivity index (χ1) is 7.65. The fourth-order valence-corrected chi connectivity index (χ4v) is 1.00. The average Bonchev–Trinajstić information content (AvgIpc) is 2.79. The van der Waals surface area contributed by atoms with Crippen LogP contribution in [0, 0.1) is 0 Å². The van der Waals surface area contributed by atoms with Gasteiger partial charge in [-0.1, -0.05) is 12.1 Å². The van der Waals surface area contributed by atoms with Gasteiger partial charge in [-0.25, -0.2) is 4.79 Å². The Balaban J connectivity index is 2.34. The molecule has 0 aromatic carbocycles. The number of aromatic nitrogens is 2. The van der Waals surface area contributed by atoms with E-state index in [1.165, 1.54) is 6.39 Å². The molecule has 7 heteroatoms. The van der Waals surface area contributed by atoms with Gasteiger partial charge in [-0.15, -0.1) is 0 Å². The Labute approximate surface area is 92.2 Å². The van der Waals surface area contributed by atoms with Crippen molar-refractivity contribution in [2.45, 2.75) is 19.8 Å². The molecule has 88 valence electrons. The number of amides is 1. The quantitative estimate of drug-likeness (QED) is 0.568. The Morgan fingerprint density at radius 1 is 1.62 bits per heavy atom. The van der Waals surface area contributed by atoms with Gasteiger partial charge >= 0.3 is 11.9 Å². The Morgan fingerprint density at radius 3 is 2.94 bits per heavy atom. The molecule has 0 bridgehead atoms. The van der Waals surface area contributed by atoms with Crippen LogP contribution in [0.25, 0.3) is 0 Å². The number of carbonyl (C=O) groups excluding carboxylic acids is 2. The maximum atomic E-state index is 11.2. The first-order valence-corrected chi connectivity index (χ1v) is 4.86. The number of carbonyl (C=O) groups is 2. The summed E-state index contributed by atoms with van der Waals surface area (Å²) in [5.41, 5.74) is 0. The Morgan fingerprint density at radius 2 is 2.38 bits per heavy atom. The molecular weight excluding hydrogens is 214 g/mol. The normalized spacial score (nSPS) is 11.9. The molecule has 1 aromatic heterocycles. The molecule has 0 spiro atoms. The van der Waals surface area contributed by atoms with Gasteiger partial charge < -0.3 is 14.6 Å². The maximum Gasteiger partial charge on any atom is 0.396 e. The molecule has 0 saturated heterocycles. The van der Waals surface area contributed by atoms with E-state index < -0.39 is 11.9 Å². The minimum Gasteiger partial charge on any atom is -0.459 e. The number of rotatable bonds is 4. The van der Waals surface area contributed by atoms with Gasteiger partial charge in [0.25, 0.3) is 0 Å². The molecule has 0 aliphatic heterocycles. The summed E-state index contributed by atoms with van der Waals surface area (Å²) < 4.78 is 9.09. The lowest BCUT2D eigenvalue weighted by Gasteiger charge is -2.07. The van der Waals surface area contributed by atoms with Gasteiger partial charge in [-0.05, 0) is 6.92 Å². The predicted octanol–water partition coefficient (Wildman–Crippen LogP) is -0.148. The molecule has 1 unspecified atom stereocenters. The molecule has 0 saturated carbocycles. The van der Waals surface area contributed by atoms with Crippen LogP contribution in [0.15, 0.2) is 10.9 Å². The zero-order valence-electron chi connectivity index (χ0n) is 9.10. The topological polar surface area (TPSA) is 94.3 Å². The van der Waals surface area contributed by atoms with Gasteiger partial charge in [-0.2, -0.15) is 4.98 Å². The van der Waals surface area contributed by atoms with Gasteiger partial charge in [0.15, 0.2) is 5.82 Å². The second-order valence-electron chi connectivity index (χ2n) is 3.12. The predicted molar refractivity (Wildman–Crippen MR) is 52.4 cm³/mol. The molecule has 1 N–H and O–H groups in total. The van der Waals surface area contributed by atoms with Crippen molar-refractivity contribution in [3.63, 3.8) is 0 Å². The summed E-state index contributed by atoms with van der Waals surface area (Å²) in [5, 5.41) is 6.04. The lowest BCUT2D eigenvalue weighted by Crippen LogP contribution is -2.35. The molecule has 16 heavy (non-hydrogen) atoms. The second kappa shape index (κ2) is 5.84. The van der Waals surface area contributed by atoms with Gasteiger partial charge in [0.1, 0.15) is 0 Å². The average molecular weight is 227 g/mol. The molecule has 0 aliphatic rings. The number of ether oxygens (including phenoxy) is 1. The van der Waals surface area contributed by atoms with Crippen LogP contribution in [0.2, 0.25) is 0 Å². The molecule has 1 rings (SSSR count). The standard InChI is InChI=1S/C9H13N3O4/c1-3-15-9(14)8(13)10-4-6(2)7-11-5-16-12-7/h5-6H,3-4H2,1-2H3,(H,10,13). The molecule has 1 amide bonds. The molecule has 1 atom stereocenters. The Hall–Kier alpha value is -1.92. The van der Waals surface area contributed by atoms with Gasteiger partial charge in [0, 0.05) is 12.5 Å². The van der Waals surface area contributed by atoms with Crippen molar-refractivity contribution in [1.82, 2.24) is 15.5 Å². The van der Waals surface area contributed by atoms with Crippen LogP contribution < -0.4 is 5.32 Å². The molecular formula is C9H13N3O4. The maximum absolute atomic E-state index is 11.2. The van der Waals surface area contributed by atoms with E-state index in [9.17, 15) is 9.59 Å². The smallest absolute Gasteiger partial charge is 0.396 e. The number of hydrogen-bond donors (Lipinski definition) is 1. The summed E-state index contributed by atoms with van der Waals surface area (Å²) in [6.45, 7) is 3.85. The highest BCUT2D eigenvalue weighted by molar-refractivity contribution is 6.32. The third-order valence-corrected chi connectivity index (χ3v) is 1.85. The third kappa shape index (κ3) is 3.34. The Kier molecular flexibility index (Phi) is 4.43. The summed E-state index contributed by atoms with van der Waals surface area (Å²) in [5.74, 6) is -1.30. The van der Waals surface area contributed by atoms with Crippen molar-refractivity contribution in [2.24, 2.45) is 0 Å². The summed E-state index contributed by atoms with van der Waals surface area (Å²) >= 11 is 0. The van der Waals surface area contributed by atoms with Crippen LogP contribution in [0.1, 0.15) is 25.6 Å². The lowest BCUT2D eigenvalue weighted by molar-refractivity contribution is -0.154. The highest BCUT2D eigenvalue weighted by atomic mass is 16.5. The van der Waals surface area contributed by atoms with E-state index in [1.807, 2.05) is 0 Å². The molecule has 0 fully saturated rings. The fraction of sp³-hybridized carbons (Fsp3) is 0.556. The fourth-order valence-electron chi connectivity index (χ4n) is 1.00. The van der Waals surface area contributed by atoms with Crippen molar-refractivity contribution in [1.29, 1.82) is 0 Å². The first kappa shape index (κ1) is 12.2. The summed E-state index contributed by atoms with van der Waals surface area (Å²) in [6.07, 6.45) is 1.21. The zero-order valence-corrected chi connectivity index (χ0v) is 9.10. The highest BCUT2D eigenvalue weighted by Gasteiger charge is 2.17. The van der Waals surface area contributed by atoms with Crippen LogP contribution in [0.3, 0.4) is 0 Å². The summed E-state index contributed by atoms with van der Waals surface area (Å²) in [4.78, 5) is 25.9. The van der Waals surface area contributed by atoms with Crippen molar-refractivity contribution in [3.8, 4) is 0 Å². The van der Waals surface area contributed by atoms with Crippen molar-refractivity contribution < 1.29 is 18.8 Å². The SMILES string of the molecule is CCOC(=O)C(=O)NCC(C)c1ncon1. The van der Waals surface area contributed by atoms with Gasteiger partial charge in [-0.3, -0.25) is 4.79 Å². The number of hydrogen-bond acceptors (Lipinski definition) is 6. The summed E-state index contributed by atoms with van der Waals surface area (Å²) in [7, 11) is 0. The minimum atomic E-state index is -0.886. The molecule has 7 nitrogen and oxygen atoms in total. The van der Waals surface area contributed by atoms with Crippen molar-refractivity contribution in [3.05, 3.63) is 12.2 Å². The van der Waals surface area contributed by atoms with E-state index >= 15 is 0 Å². The largest absolute Gasteiger partial charge is 0.459 e. The highest BCUT2D eigenvalue weighted by Crippen LogP contribution is 2.06.